The molecule has 0 aliphatic heterocycles. The molecule has 0 amide bonds. The van der Waals surface area contributed by atoms with Crippen LogP contribution in [0.2, 0.25) is 0 Å². The van der Waals surface area contributed by atoms with Crippen LogP contribution in [0.1, 0.15) is 75.3 Å². The zero-order valence-electron chi connectivity index (χ0n) is 37.3. The van der Waals surface area contributed by atoms with Crippen LogP contribution in [-0.2, 0) is 19.1 Å². The van der Waals surface area contributed by atoms with Crippen molar-refractivity contribution in [2.45, 2.75) is 106 Å². The smallest absolute Gasteiger partial charge is 0.384 e. The molecule has 0 radical (unpaired) electrons. The lowest BCUT2D eigenvalue weighted by molar-refractivity contribution is -0.443. The maximum absolute atomic E-state index is 14.4. The monoisotopic (exact) mass is 1020 g/mol. The average Bonchev–Trinajstić information content (AvgIpc) is 3.34. The molecule has 0 bridgehead atoms. The van der Waals surface area contributed by atoms with Crippen molar-refractivity contribution in [1.82, 2.24) is 0 Å². The number of alkyl halides is 14. The van der Waals surface area contributed by atoms with Gasteiger partial charge in [-0.15, -0.1) is 0 Å². The maximum Gasteiger partial charge on any atom is 0.384 e. The minimum Gasteiger partial charge on any atom is -0.494 e. The van der Waals surface area contributed by atoms with Gasteiger partial charge < -0.3 is 18.9 Å². The first-order valence-electron chi connectivity index (χ1n) is 21.7. The molecular weight excluding hydrogens is 979 g/mol. The van der Waals surface area contributed by atoms with Crippen molar-refractivity contribution in [3.63, 3.8) is 0 Å². The molecule has 8 nitrogen and oxygen atoms in total. The second kappa shape index (κ2) is 24.0. The lowest BCUT2D eigenvalue weighted by Crippen LogP contribution is -2.73. The van der Waals surface area contributed by atoms with Crippen molar-refractivity contribution in [3.05, 3.63) is 108 Å². The summed E-state index contributed by atoms with van der Waals surface area (Å²) >= 11 is 0. The van der Waals surface area contributed by atoms with Crippen LogP contribution in [-0.4, -0.2) is 79.8 Å². The van der Waals surface area contributed by atoms with Crippen molar-refractivity contribution < 1.29 is 90.0 Å². The van der Waals surface area contributed by atoms with Crippen molar-refractivity contribution in [2.24, 2.45) is 0 Å². The Morgan fingerprint density at radius 1 is 0.380 bits per heavy atom. The van der Waals surface area contributed by atoms with Gasteiger partial charge in [-0.3, -0.25) is 9.59 Å². The van der Waals surface area contributed by atoms with Gasteiger partial charge in [-0.25, -0.2) is 0 Å². The van der Waals surface area contributed by atoms with E-state index in [1.807, 2.05) is 12.1 Å². The molecule has 0 unspecified atom stereocenters. The number of unbranched alkanes of at least 4 members (excludes halogenated alkanes) is 6. The fraction of sp³-hybridized carbons (Fsp3) is 0.429. The normalized spacial score (nSPS) is 12.7. The second-order valence-corrected chi connectivity index (χ2v) is 16.1. The van der Waals surface area contributed by atoms with Crippen molar-refractivity contribution in [3.8, 4) is 45.9 Å². The van der Waals surface area contributed by atoms with E-state index in [0.29, 0.717) is 48.3 Å². The van der Waals surface area contributed by atoms with Crippen LogP contribution in [0, 0.1) is 22.7 Å². The number of hydrogen-bond donors (Lipinski definition) is 0. The summed E-state index contributed by atoms with van der Waals surface area (Å²) in [5, 5.41) is 17.8. The second-order valence-electron chi connectivity index (χ2n) is 16.1. The average molecular weight is 1020 g/mol. The molecule has 0 saturated heterocycles. The summed E-state index contributed by atoms with van der Waals surface area (Å²) in [5.41, 5.74) is 4.34. The van der Waals surface area contributed by atoms with Gasteiger partial charge in [0, 0.05) is 12.8 Å². The molecular formula is C49H44F14N2O6. The molecule has 22 heteroatoms. The van der Waals surface area contributed by atoms with E-state index in [-0.39, 0.29) is 38.9 Å². The van der Waals surface area contributed by atoms with Gasteiger partial charge >= 0.3 is 53.4 Å². The molecule has 4 rings (SSSR count). The summed E-state index contributed by atoms with van der Waals surface area (Å²) in [6, 6.07) is 31.4. The summed E-state index contributed by atoms with van der Waals surface area (Å²) in [6.45, 7) is -5.94. The Balaban J connectivity index is 1.16. The van der Waals surface area contributed by atoms with Crippen LogP contribution in [0.25, 0.3) is 22.3 Å². The Morgan fingerprint density at radius 3 is 0.944 bits per heavy atom. The Bertz CT molecular complexity index is 2270. The van der Waals surface area contributed by atoms with E-state index in [4.69, 9.17) is 20.0 Å². The summed E-state index contributed by atoms with van der Waals surface area (Å²) in [5.74, 6) is -56.1. The van der Waals surface area contributed by atoms with E-state index in [0.717, 1.165) is 22.3 Å². The highest BCUT2D eigenvalue weighted by atomic mass is 19.4. The molecule has 4 aromatic rings. The van der Waals surface area contributed by atoms with E-state index >= 15 is 0 Å². The number of halogens is 14. The van der Waals surface area contributed by atoms with E-state index in [2.05, 4.69) is 9.47 Å². The lowest BCUT2D eigenvalue weighted by atomic mass is 9.89. The van der Waals surface area contributed by atoms with Crippen LogP contribution in [0.5, 0.6) is 11.5 Å². The quantitative estimate of drug-likeness (QED) is 0.0313. The third-order valence-electron chi connectivity index (χ3n) is 10.8. The highest BCUT2D eigenvalue weighted by molar-refractivity contribution is 5.70. The number of nitrogens with zero attached hydrogens (tertiary/aromatic N) is 2. The largest absolute Gasteiger partial charge is 0.494 e. The SMILES string of the molecule is N#Cc1ccc(-c2ccc(OCCCCCCC(=O)OCC(F)(F)C(F)(F)C(F)(F)C(F)(F)C(F)(F)C(F)(F)C(F)(F)COC(=O)CCCCCCOc3ccc(-c4ccc(C#N)cc4)cc3)cc2)cc1. The minimum atomic E-state index is -8.35. The van der Waals surface area contributed by atoms with Gasteiger partial charge in [0.15, 0.2) is 13.2 Å². The zero-order valence-corrected chi connectivity index (χ0v) is 37.3. The van der Waals surface area contributed by atoms with Gasteiger partial charge in [0.2, 0.25) is 0 Å². The number of carbonyl (C=O) groups excluding carboxylic acids is 2. The van der Waals surface area contributed by atoms with Crippen LogP contribution in [0.15, 0.2) is 97.1 Å². The maximum atomic E-state index is 14.4. The topological polar surface area (TPSA) is 119 Å². The molecule has 0 aliphatic carbocycles. The molecule has 0 aliphatic rings. The van der Waals surface area contributed by atoms with Crippen LogP contribution < -0.4 is 9.47 Å². The number of hydrogen-bond acceptors (Lipinski definition) is 8. The lowest BCUT2D eigenvalue weighted by Gasteiger charge is -2.42. The molecule has 0 atom stereocenters. The summed E-state index contributed by atoms with van der Waals surface area (Å²) in [4.78, 5) is 23.8. The number of benzene rings is 4. The number of rotatable bonds is 28. The van der Waals surface area contributed by atoms with Gasteiger partial charge in [0.05, 0.1) is 36.5 Å². The molecule has 0 aromatic heterocycles. The highest BCUT2D eigenvalue weighted by Crippen LogP contribution is 2.62. The van der Waals surface area contributed by atoms with Crippen molar-refractivity contribution >= 4 is 11.9 Å². The number of nitriles is 2. The third-order valence-corrected chi connectivity index (χ3v) is 10.8. The van der Waals surface area contributed by atoms with E-state index in [1.165, 1.54) is 0 Å². The Kier molecular flexibility index (Phi) is 19.3. The van der Waals surface area contributed by atoms with Gasteiger partial charge in [-0.1, -0.05) is 74.2 Å². The molecule has 384 valence electrons. The van der Waals surface area contributed by atoms with Gasteiger partial charge in [-0.05, 0) is 96.5 Å². The third kappa shape index (κ3) is 13.9. The van der Waals surface area contributed by atoms with Gasteiger partial charge in [-0.2, -0.15) is 72.0 Å². The number of ether oxygens (including phenoxy) is 4. The molecule has 0 spiro atoms. The molecule has 4 aromatic carbocycles. The minimum absolute atomic E-state index is 0.165. The first-order valence-corrected chi connectivity index (χ1v) is 21.7. The fourth-order valence-electron chi connectivity index (χ4n) is 6.51. The summed E-state index contributed by atoms with van der Waals surface area (Å²) in [6.07, 6.45) is -0.204. The first kappa shape index (κ1) is 57.0. The number of carbonyl (C=O) groups is 2. The fourth-order valence-corrected chi connectivity index (χ4v) is 6.51. The molecule has 0 heterocycles. The van der Waals surface area contributed by atoms with Gasteiger partial charge in [0.1, 0.15) is 11.5 Å². The van der Waals surface area contributed by atoms with E-state index in [9.17, 15) is 71.1 Å². The van der Waals surface area contributed by atoms with E-state index in [1.54, 1.807) is 97.1 Å². The highest BCUT2D eigenvalue weighted by Gasteiger charge is 2.93. The Hall–Kier alpha value is -6.58. The predicted molar refractivity (Wildman–Crippen MR) is 227 cm³/mol. The van der Waals surface area contributed by atoms with Crippen molar-refractivity contribution in [2.75, 3.05) is 26.4 Å². The van der Waals surface area contributed by atoms with Gasteiger partial charge in [0.25, 0.3) is 0 Å². The first-order chi connectivity index (χ1) is 33.2. The standard InChI is InChI=1S/C49H44F14N2O6/c50-43(51,31-70-41(66)9-5-1-3-7-27-68-39-23-19-37(20-24-39)35-15-11-33(29-64)12-16-35)45(54,55)47(58,59)49(62,63)48(60,61)46(56,57)44(52,53)32-71-42(67)10-6-2-4-8-28-69-40-25-21-38(22-26-40)36-17-13-34(30-65)14-18-36/h11-26H,1-10,27-28,31-32H2. The Labute approximate surface area is 398 Å². The Morgan fingerprint density at radius 2 is 0.648 bits per heavy atom. The van der Waals surface area contributed by atoms with E-state index < -0.39 is 79.5 Å². The zero-order chi connectivity index (χ0) is 52.7. The summed E-state index contributed by atoms with van der Waals surface area (Å²) < 4.78 is 220. The van der Waals surface area contributed by atoms with Crippen LogP contribution in [0.4, 0.5) is 61.5 Å². The van der Waals surface area contributed by atoms with Crippen LogP contribution in [0.3, 0.4) is 0 Å². The summed E-state index contributed by atoms with van der Waals surface area (Å²) in [7, 11) is 0. The predicted octanol–water partition coefficient (Wildman–Crippen LogP) is 13.7. The van der Waals surface area contributed by atoms with Crippen molar-refractivity contribution in [1.29, 1.82) is 10.5 Å². The number of esters is 2. The molecule has 0 fully saturated rings. The molecule has 0 saturated carbocycles. The molecule has 0 N–H and O–H groups in total. The molecule has 71 heavy (non-hydrogen) atoms. The van der Waals surface area contributed by atoms with Crippen LogP contribution >= 0.6 is 0 Å².